The van der Waals surface area contributed by atoms with Crippen molar-refractivity contribution in [3.63, 3.8) is 0 Å². The third kappa shape index (κ3) is 1.95. The maximum Gasteiger partial charge on any atom is 0.106 e. The topological polar surface area (TPSA) is 40.5 Å². The first-order valence-electron chi connectivity index (χ1n) is 4.99. The monoisotopic (exact) mass is 222 g/mol. The molecule has 0 radical (unpaired) electrons. The van der Waals surface area contributed by atoms with Gasteiger partial charge < -0.3 is 10.2 Å². The molecule has 0 fully saturated rings. The molecule has 1 aromatic rings. The van der Waals surface area contributed by atoms with Gasteiger partial charge in [0.05, 0.1) is 6.10 Å². The zero-order chi connectivity index (χ0) is 10.8. The summed E-state index contributed by atoms with van der Waals surface area (Å²) in [5.74, 6) is 0.262. The molecule has 3 heteroatoms. The molecule has 0 saturated heterocycles. The normalized spacial score (nSPS) is 17.5. The summed E-state index contributed by atoms with van der Waals surface area (Å²) in [4.78, 5) is 0. The van der Waals surface area contributed by atoms with Crippen LogP contribution in [0.25, 0.3) is 6.08 Å². The lowest BCUT2D eigenvalue weighted by molar-refractivity contribution is 0.0333. The van der Waals surface area contributed by atoms with E-state index in [0.29, 0.717) is 0 Å². The van der Waals surface area contributed by atoms with Crippen LogP contribution < -0.4 is 0 Å². The fourth-order valence-corrected chi connectivity index (χ4v) is 2.10. The van der Waals surface area contributed by atoms with E-state index in [1.807, 2.05) is 24.3 Å². The van der Waals surface area contributed by atoms with Gasteiger partial charge in [-0.2, -0.15) is 12.6 Å². The van der Waals surface area contributed by atoms with E-state index in [1.165, 1.54) is 0 Å². The maximum atomic E-state index is 9.93. The highest BCUT2D eigenvalue weighted by Crippen LogP contribution is 2.29. The van der Waals surface area contributed by atoms with Crippen LogP contribution in [0.1, 0.15) is 22.8 Å². The lowest BCUT2D eigenvalue weighted by Gasteiger charge is -2.19. The first-order chi connectivity index (χ1) is 7.24. The first kappa shape index (κ1) is 10.7. The average molecular weight is 222 g/mol. The van der Waals surface area contributed by atoms with Crippen LogP contribution in [0.2, 0.25) is 0 Å². The zero-order valence-corrected chi connectivity index (χ0v) is 9.19. The van der Waals surface area contributed by atoms with Gasteiger partial charge in [0.1, 0.15) is 6.10 Å². The van der Waals surface area contributed by atoms with Crippen LogP contribution in [-0.4, -0.2) is 22.1 Å². The van der Waals surface area contributed by atoms with E-state index in [4.69, 9.17) is 0 Å². The van der Waals surface area contributed by atoms with Crippen molar-refractivity contribution >= 4 is 18.7 Å². The van der Waals surface area contributed by atoms with E-state index in [0.717, 1.165) is 23.1 Å². The minimum atomic E-state index is -0.836. The molecule has 1 aromatic carbocycles. The summed E-state index contributed by atoms with van der Waals surface area (Å²) in [6.07, 6.45) is 3.30. The van der Waals surface area contributed by atoms with E-state index in [9.17, 15) is 10.2 Å². The van der Waals surface area contributed by atoms with Gasteiger partial charge in [-0.3, -0.25) is 0 Å². The second-order valence-electron chi connectivity index (χ2n) is 3.72. The number of hydrogen-bond acceptors (Lipinski definition) is 3. The summed E-state index contributed by atoms with van der Waals surface area (Å²) in [7, 11) is 0. The molecule has 0 bridgehead atoms. The summed E-state index contributed by atoms with van der Waals surface area (Å²) < 4.78 is 0. The first-order valence-corrected chi connectivity index (χ1v) is 5.62. The van der Waals surface area contributed by atoms with Gasteiger partial charge in [0.2, 0.25) is 0 Å². The minimum absolute atomic E-state index is 0.262. The van der Waals surface area contributed by atoms with E-state index >= 15 is 0 Å². The Morgan fingerprint density at radius 1 is 1.33 bits per heavy atom. The standard InChI is InChI=1S/C12H14O2S/c13-11(7-15)12(14)10-6-2-4-8-3-1-5-9(8)10/h1-4,6,11-15H,5,7H2. The summed E-state index contributed by atoms with van der Waals surface area (Å²) >= 11 is 3.98. The number of aliphatic hydroxyl groups excluding tert-OH is 2. The number of thiol groups is 1. The molecule has 1 aliphatic carbocycles. The molecule has 2 rings (SSSR count). The van der Waals surface area contributed by atoms with Crippen molar-refractivity contribution in [3.8, 4) is 0 Å². The smallest absolute Gasteiger partial charge is 0.106 e. The number of fused-ring (bicyclic) bond motifs is 1. The molecule has 15 heavy (non-hydrogen) atoms. The molecule has 2 unspecified atom stereocenters. The number of allylic oxidation sites excluding steroid dienone is 1. The molecule has 0 spiro atoms. The third-order valence-electron chi connectivity index (χ3n) is 2.74. The number of rotatable bonds is 3. The van der Waals surface area contributed by atoms with Crippen molar-refractivity contribution in [2.75, 3.05) is 5.75 Å². The Bertz CT molecular complexity index is 387. The van der Waals surface area contributed by atoms with Crippen molar-refractivity contribution in [1.82, 2.24) is 0 Å². The van der Waals surface area contributed by atoms with Gasteiger partial charge in [0.15, 0.2) is 0 Å². The van der Waals surface area contributed by atoms with E-state index in [1.54, 1.807) is 0 Å². The molecule has 0 heterocycles. The van der Waals surface area contributed by atoms with Crippen molar-refractivity contribution in [2.24, 2.45) is 0 Å². The van der Waals surface area contributed by atoms with Crippen LogP contribution in [0.5, 0.6) is 0 Å². The lowest BCUT2D eigenvalue weighted by atomic mass is 9.96. The molecule has 0 amide bonds. The molecule has 2 nitrogen and oxygen atoms in total. The highest BCUT2D eigenvalue weighted by Gasteiger charge is 2.21. The summed E-state index contributed by atoms with van der Waals surface area (Å²) in [6.45, 7) is 0. The van der Waals surface area contributed by atoms with Gasteiger partial charge in [0.25, 0.3) is 0 Å². The van der Waals surface area contributed by atoms with Crippen LogP contribution in [-0.2, 0) is 6.42 Å². The molecule has 2 N–H and O–H groups in total. The SMILES string of the molecule is OC(CS)C(O)c1cccc2c1CC=C2. The Balaban J connectivity index is 2.34. The zero-order valence-electron chi connectivity index (χ0n) is 8.30. The van der Waals surface area contributed by atoms with Gasteiger partial charge in [-0.25, -0.2) is 0 Å². The van der Waals surface area contributed by atoms with Crippen molar-refractivity contribution < 1.29 is 10.2 Å². The highest BCUT2D eigenvalue weighted by molar-refractivity contribution is 7.80. The summed E-state index contributed by atoms with van der Waals surface area (Å²) in [5, 5.41) is 19.5. The Hall–Kier alpha value is -0.770. The van der Waals surface area contributed by atoms with E-state index < -0.39 is 12.2 Å². The van der Waals surface area contributed by atoms with Crippen LogP contribution in [0.3, 0.4) is 0 Å². The van der Waals surface area contributed by atoms with Gasteiger partial charge in [-0.1, -0.05) is 30.4 Å². The number of aliphatic hydroxyl groups is 2. The number of benzene rings is 1. The second kappa shape index (κ2) is 4.39. The quantitative estimate of drug-likeness (QED) is 0.680. The van der Waals surface area contributed by atoms with Crippen molar-refractivity contribution in [3.05, 3.63) is 41.0 Å². The second-order valence-corrected chi connectivity index (χ2v) is 4.08. The summed E-state index contributed by atoms with van der Waals surface area (Å²) in [5.41, 5.74) is 3.07. The molecule has 0 aliphatic heterocycles. The van der Waals surface area contributed by atoms with Crippen molar-refractivity contribution in [1.29, 1.82) is 0 Å². The number of hydrogen-bond donors (Lipinski definition) is 3. The van der Waals surface area contributed by atoms with Gasteiger partial charge in [-0.05, 0) is 23.1 Å². The highest BCUT2D eigenvalue weighted by atomic mass is 32.1. The molecule has 2 atom stereocenters. The van der Waals surface area contributed by atoms with E-state index in [2.05, 4.69) is 18.7 Å². The molecule has 0 saturated carbocycles. The predicted molar refractivity (Wildman–Crippen MR) is 64.0 cm³/mol. The largest absolute Gasteiger partial charge is 0.389 e. The van der Waals surface area contributed by atoms with Crippen LogP contribution >= 0.6 is 12.6 Å². The Morgan fingerprint density at radius 2 is 2.13 bits per heavy atom. The van der Waals surface area contributed by atoms with Crippen LogP contribution in [0.4, 0.5) is 0 Å². The molecular formula is C12H14O2S. The fraction of sp³-hybridized carbons (Fsp3) is 0.333. The summed E-state index contributed by atoms with van der Waals surface area (Å²) in [6, 6.07) is 5.78. The Labute approximate surface area is 94.7 Å². The van der Waals surface area contributed by atoms with E-state index in [-0.39, 0.29) is 5.75 Å². The fourth-order valence-electron chi connectivity index (χ4n) is 1.90. The predicted octanol–water partition coefficient (Wildman–Crippen LogP) is 1.58. The Kier molecular flexibility index (Phi) is 3.14. The molecule has 80 valence electrons. The minimum Gasteiger partial charge on any atom is -0.389 e. The molecule has 1 aliphatic rings. The van der Waals surface area contributed by atoms with Gasteiger partial charge in [0, 0.05) is 5.75 Å². The maximum absolute atomic E-state index is 9.93. The van der Waals surface area contributed by atoms with Crippen LogP contribution in [0, 0.1) is 0 Å². The average Bonchev–Trinajstić information content (AvgIpc) is 2.74. The molecular weight excluding hydrogens is 208 g/mol. The Morgan fingerprint density at radius 3 is 2.87 bits per heavy atom. The third-order valence-corrected chi connectivity index (χ3v) is 3.11. The van der Waals surface area contributed by atoms with Crippen molar-refractivity contribution in [2.45, 2.75) is 18.6 Å². The van der Waals surface area contributed by atoms with Gasteiger partial charge >= 0.3 is 0 Å². The molecule has 0 aromatic heterocycles. The van der Waals surface area contributed by atoms with Crippen LogP contribution in [0.15, 0.2) is 24.3 Å². The van der Waals surface area contributed by atoms with Gasteiger partial charge in [-0.15, -0.1) is 0 Å². The lowest BCUT2D eigenvalue weighted by Crippen LogP contribution is -2.21.